The number of anilines is 1. The molecule has 2 amide bonds. The number of aromatic nitrogens is 1. The molecule has 1 aromatic carbocycles. The topological polar surface area (TPSA) is 65.5 Å². The van der Waals surface area contributed by atoms with Crippen molar-refractivity contribution in [2.45, 2.75) is 0 Å². The van der Waals surface area contributed by atoms with Crippen LogP contribution >= 0.6 is 0 Å². The third-order valence-electron chi connectivity index (χ3n) is 3.97. The van der Waals surface area contributed by atoms with E-state index < -0.39 is 0 Å². The summed E-state index contributed by atoms with van der Waals surface area (Å²) in [5, 5.41) is 2.88. The van der Waals surface area contributed by atoms with Crippen LogP contribution in [-0.4, -0.2) is 59.3 Å². The van der Waals surface area contributed by atoms with E-state index in [-0.39, 0.29) is 11.8 Å². The molecule has 124 valence electrons. The molecule has 0 spiro atoms. The summed E-state index contributed by atoms with van der Waals surface area (Å²) in [6, 6.07) is 14.7. The van der Waals surface area contributed by atoms with Gasteiger partial charge >= 0.3 is 0 Å². The van der Waals surface area contributed by atoms with Gasteiger partial charge in [0.25, 0.3) is 5.91 Å². The zero-order valence-corrected chi connectivity index (χ0v) is 13.4. The van der Waals surface area contributed by atoms with Gasteiger partial charge in [0.15, 0.2) is 0 Å². The summed E-state index contributed by atoms with van der Waals surface area (Å²) in [5.41, 5.74) is 1.26. The first-order valence-electron chi connectivity index (χ1n) is 8.00. The second-order valence-electron chi connectivity index (χ2n) is 5.70. The Morgan fingerprint density at radius 1 is 0.958 bits per heavy atom. The maximum absolute atomic E-state index is 12.3. The van der Waals surface area contributed by atoms with Gasteiger partial charge in [0, 0.05) is 38.1 Å². The van der Waals surface area contributed by atoms with E-state index in [1.165, 1.54) is 0 Å². The molecule has 2 aromatic rings. The first-order valence-corrected chi connectivity index (χ1v) is 8.00. The Morgan fingerprint density at radius 2 is 1.67 bits per heavy atom. The molecule has 0 bridgehead atoms. The van der Waals surface area contributed by atoms with Crippen molar-refractivity contribution < 1.29 is 9.59 Å². The number of hydrogen-bond acceptors (Lipinski definition) is 4. The summed E-state index contributed by atoms with van der Waals surface area (Å²) >= 11 is 0. The van der Waals surface area contributed by atoms with E-state index in [1.54, 1.807) is 23.2 Å². The van der Waals surface area contributed by atoms with Crippen LogP contribution < -0.4 is 5.32 Å². The Hall–Kier alpha value is -2.73. The lowest BCUT2D eigenvalue weighted by Crippen LogP contribution is -2.50. The summed E-state index contributed by atoms with van der Waals surface area (Å²) in [7, 11) is 0. The minimum atomic E-state index is -0.0519. The summed E-state index contributed by atoms with van der Waals surface area (Å²) in [6.45, 7) is 2.91. The van der Waals surface area contributed by atoms with E-state index in [4.69, 9.17) is 0 Å². The number of benzene rings is 1. The zero-order chi connectivity index (χ0) is 16.8. The van der Waals surface area contributed by atoms with E-state index >= 15 is 0 Å². The summed E-state index contributed by atoms with van der Waals surface area (Å²) in [6.07, 6.45) is 1.62. The number of carbonyl (C=O) groups is 2. The molecule has 0 radical (unpaired) electrons. The molecule has 1 saturated heterocycles. The first kappa shape index (κ1) is 16.1. The molecular weight excluding hydrogens is 304 g/mol. The Labute approximate surface area is 141 Å². The van der Waals surface area contributed by atoms with Crippen LogP contribution in [0.25, 0.3) is 0 Å². The Bertz CT molecular complexity index is 683. The van der Waals surface area contributed by atoms with E-state index in [0.717, 1.165) is 5.69 Å². The van der Waals surface area contributed by atoms with Gasteiger partial charge in [-0.05, 0) is 24.3 Å². The molecule has 1 aromatic heterocycles. The molecule has 0 atom stereocenters. The van der Waals surface area contributed by atoms with Gasteiger partial charge in [-0.3, -0.25) is 19.5 Å². The predicted molar refractivity (Wildman–Crippen MR) is 91.7 cm³/mol. The van der Waals surface area contributed by atoms with Crippen molar-refractivity contribution in [2.24, 2.45) is 0 Å². The van der Waals surface area contributed by atoms with Gasteiger partial charge < -0.3 is 10.2 Å². The van der Waals surface area contributed by atoms with Gasteiger partial charge in [-0.25, -0.2) is 0 Å². The van der Waals surface area contributed by atoms with Gasteiger partial charge in [-0.15, -0.1) is 0 Å². The lowest BCUT2D eigenvalue weighted by atomic mass is 10.2. The van der Waals surface area contributed by atoms with E-state index in [2.05, 4.69) is 15.2 Å². The Kier molecular flexibility index (Phi) is 5.18. The lowest BCUT2D eigenvalue weighted by Gasteiger charge is -2.34. The fourth-order valence-electron chi connectivity index (χ4n) is 2.69. The fourth-order valence-corrected chi connectivity index (χ4v) is 2.69. The van der Waals surface area contributed by atoms with Crippen LogP contribution in [-0.2, 0) is 4.79 Å². The molecule has 0 aliphatic carbocycles. The second kappa shape index (κ2) is 7.70. The van der Waals surface area contributed by atoms with Gasteiger partial charge in [0.1, 0.15) is 5.69 Å². The van der Waals surface area contributed by atoms with Gasteiger partial charge in [-0.2, -0.15) is 0 Å². The quantitative estimate of drug-likeness (QED) is 0.925. The van der Waals surface area contributed by atoms with Gasteiger partial charge in [-0.1, -0.05) is 24.3 Å². The zero-order valence-electron chi connectivity index (χ0n) is 13.4. The molecule has 6 nitrogen and oxygen atoms in total. The highest BCUT2D eigenvalue weighted by Crippen LogP contribution is 2.08. The number of nitrogens with zero attached hydrogens (tertiary/aromatic N) is 3. The molecule has 2 heterocycles. The molecule has 6 heteroatoms. The normalized spacial score (nSPS) is 15.1. The minimum absolute atomic E-state index is 0.0364. The van der Waals surface area contributed by atoms with E-state index in [0.29, 0.717) is 38.4 Å². The maximum atomic E-state index is 12.3. The average molecular weight is 324 g/mol. The molecule has 1 aliphatic rings. The van der Waals surface area contributed by atoms with E-state index in [9.17, 15) is 9.59 Å². The van der Waals surface area contributed by atoms with Crippen LogP contribution in [0.4, 0.5) is 5.69 Å². The maximum Gasteiger partial charge on any atom is 0.272 e. The monoisotopic (exact) mass is 324 g/mol. The number of piperazine rings is 1. The van der Waals surface area contributed by atoms with Crippen molar-refractivity contribution in [1.82, 2.24) is 14.8 Å². The van der Waals surface area contributed by atoms with Crippen LogP contribution in [0, 0.1) is 0 Å². The number of nitrogens with one attached hydrogen (secondary N) is 1. The number of pyridine rings is 1. The van der Waals surface area contributed by atoms with Crippen LogP contribution in [0.3, 0.4) is 0 Å². The van der Waals surface area contributed by atoms with Crippen molar-refractivity contribution in [3.63, 3.8) is 0 Å². The van der Waals surface area contributed by atoms with Crippen molar-refractivity contribution in [2.75, 3.05) is 38.0 Å². The highest BCUT2D eigenvalue weighted by molar-refractivity contribution is 5.93. The lowest BCUT2D eigenvalue weighted by molar-refractivity contribution is -0.117. The number of amides is 2. The largest absolute Gasteiger partial charge is 0.335 e. The third kappa shape index (κ3) is 4.17. The second-order valence-corrected chi connectivity index (χ2v) is 5.70. The van der Waals surface area contributed by atoms with Crippen molar-refractivity contribution in [3.8, 4) is 0 Å². The van der Waals surface area contributed by atoms with Crippen LogP contribution in [0.5, 0.6) is 0 Å². The predicted octanol–water partition coefficient (Wildman–Crippen LogP) is 1.48. The SMILES string of the molecule is O=C(CN1CCN(C(=O)c2ccccn2)CC1)Nc1ccccc1. The van der Waals surface area contributed by atoms with E-state index in [1.807, 2.05) is 36.4 Å². The molecule has 0 unspecified atom stereocenters. The summed E-state index contributed by atoms with van der Waals surface area (Å²) in [4.78, 5) is 32.4. The van der Waals surface area contributed by atoms with Crippen LogP contribution in [0.15, 0.2) is 54.7 Å². The van der Waals surface area contributed by atoms with Crippen LogP contribution in [0.1, 0.15) is 10.5 Å². The van der Waals surface area contributed by atoms with Gasteiger partial charge in [0.05, 0.1) is 6.54 Å². The molecule has 0 saturated carbocycles. The van der Waals surface area contributed by atoms with Crippen LogP contribution in [0.2, 0.25) is 0 Å². The molecular formula is C18H20N4O2. The number of para-hydroxylation sites is 1. The van der Waals surface area contributed by atoms with Crippen molar-refractivity contribution in [3.05, 3.63) is 60.4 Å². The molecule has 1 aliphatic heterocycles. The average Bonchev–Trinajstić information content (AvgIpc) is 2.63. The first-order chi connectivity index (χ1) is 11.7. The molecule has 3 rings (SSSR count). The molecule has 1 fully saturated rings. The highest BCUT2D eigenvalue weighted by atomic mass is 16.2. The highest BCUT2D eigenvalue weighted by Gasteiger charge is 2.23. The number of rotatable bonds is 4. The molecule has 24 heavy (non-hydrogen) atoms. The molecule has 1 N–H and O–H groups in total. The number of hydrogen-bond donors (Lipinski definition) is 1. The third-order valence-corrected chi connectivity index (χ3v) is 3.97. The summed E-state index contributed by atoms with van der Waals surface area (Å²) < 4.78 is 0. The van der Waals surface area contributed by atoms with Crippen molar-refractivity contribution >= 4 is 17.5 Å². The minimum Gasteiger partial charge on any atom is -0.335 e. The standard InChI is InChI=1S/C18H20N4O2/c23-17(20-15-6-2-1-3-7-15)14-21-10-12-22(13-11-21)18(24)16-8-4-5-9-19-16/h1-9H,10-14H2,(H,20,23). The summed E-state index contributed by atoms with van der Waals surface area (Å²) in [5.74, 6) is -0.0883. The Balaban J connectivity index is 1.47. The van der Waals surface area contributed by atoms with Gasteiger partial charge in [0.2, 0.25) is 5.91 Å². The smallest absolute Gasteiger partial charge is 0.272 e. The fraction of sp³-hybridized carbons (Fsp3) is 0.278. The van der Waals surface area contributed by atoms with Crippen molar-refractivity contribution in [1.29, 1.82) is 0 Å². The number of carbonyl (C=O) groups excluding carboxylic acids is 2. The Morgan fingerprint density at radius 3 is 2.33 bits per heavy atom.